The quantitative estimate of drug-likeness (QED) is 0.644. The van der Waals surface area contributed by atoms with E-state index >= 15 is 0 Å². The second-order valence-corrected chi connectivity index (χ2v) is 4.30. The molecule has 0 bridgehead atoms. The van der Waals surface area contributed by atoms with Crippen LogP contribution in [-0.4, -0.2) is 12.5 Å². The molecule has 0 spiro atoms. The summed E-state index contributed by atoms with van der Waals surface area (Å²) in [6.07, 6.45) is 5.10. The molecule has 3 nitrogen and oxygen atoms in total. The van der Waals surface area contributed by atoms with Crippen molar-refractivity contribution in [3.63, 3.8) is 0 Å². The number of amides is 1. The average molecular weight is 224 g/mol. The van der Waals surface area contributed by atoms with E-state index in [1.807, 2.05) is 13.8 Å². The van der Waals surface area contributed by atoms with E-state index in [9.17, 15) is 10.1 Å². The molecule has 3 heteroatoms. The predicted octanol–water partition coefficient (Wildman–Crippen LogP) is 3.01. The highest BCUT2D eigenvalue weighted by molar-refractivity contribution is 5.85. The minimum Gasteiger partial charge on any atom is -0.355 e. The van der Waals surface area contributed by atoms with E-state index in [-0.39, 0.29) is 5.91 Å². The number of nitriles is 1. The van der Waals surface area contributed by atoms with Crippen LogP contribution in [0.2, 0.25) is 0 Å². The van der Waals surface area contributed by atoms with Crippen molar-refractivity contribution >= 4 is 5.91 Å². The fourth-order valence-electron chi connectivity index (χ4n) is 1.92. The normalized spacial score (nSPS) is 10.9. The minimum atomic E-state index is -0.794. The molecule has 0 rings (SSSR count). The number of carbonyl (C=O) groups is 1. The van der Waals surface area contributed by atoms with Crippen molar-refractivity contribution in [3.05, 3.63) is 0 Å². The summed E-state index contributed by atoms with van der Waals surface area (Å²) in [6, 6.07) is 2.23. The topological polar surface area (TPSA) is 52.9 Å². The van der Waals surface area contributed by atoms with Gasteiger partial charge in [-0.25, -0.2) is 0 Å². The molecule has 0 aromatic carbocycles. The Kier molecular flexibility index (Phi) is 7.62. The van der Waals surface area contributed by atoms with Gasteiger partial charge in [0.05, 0.1) is 6.07 Å². The van der Waals surface area contributed by atoms with Crippen molar-refractivity contribution in [3.8, 4) is 6.07 Å². The van der Waals surface area contributed by atoms with Gasteiger partial charge in [0, 0.05) is 6.54 Å². The van der Waals surface area contributed by atoms with Gasteiger partial charge in [0.2, 0.25) is 5.91 Å². The lowest BCUT2D eigenvalue weighted by Gasteiger charge is -2.24. The number of nitrogens with zero attached hydrogens (tertiary/aromatic N) is 1. The molecule has 16 heavy (non-hydrogen) atoms. The fraction of sp³-hybridized carbons (Fsp3) is 0.846. The fourth-order valence-corrected chi connectivity index (χ4v) is 1.92. The Hall–Kier alpha value is -1.04. The largest absolute Gasteiger partial charge is 0.355 e. The van der Waals surface area contributed by atoms with Gasteiger partial charge in [-0.05, 0) is 19.3 Å². The van der Waals surface area contributed by atoms with Crippen LogP contribution < -0.4 is 5.32 Å². The van der Waals surface area contributed by atoms with Crippen molar-refractivity contribution in [1.29, 1.82) is 5.26 Å². The molecule has 0 aliphatic heterocycles. The van der Waals surface area contributed by atoms with E-state index in [0.717, 1.165) is 25.7 Å². The van der Waals surface area contributed by atoms with Crippen LogP contribution in [0.1, 0.15) is 59.3 Å². The summed E-state index contributed by atoms with van der Waals surface area (Å²) in [5, 5.41) is 12.1. The van der Waals surface area contributed by atoms with Crippen molar-refractivity contribution < 1.29 is 4.79 Å². The zero-order valence-electron chi connectivity index (χ0n) is 10.8. The van der Waals surface area contributed by atoms with Crippen molar-refractivity contribution in [1.82, 2.24) is 5.32 Å². The second kappa shape index (κ2) is 8.15. The van der Waals surface area contributed by atoms with Crippen LogP contribution in [0.4, 0.5) is 0 Å². The highest BCUT2D eigenvalue weighted by Gasteiger charge is 2.36. The van der Waals surface area contributed by atoms with Crippen LogP contribution in [-0.2, 0) is 4.79 Å². The van der Waals surface area contributed by atoms with Crippen molar-refractivity contribution in [2.24, 2.45) is 5.41 Å². The molecule has 0 fully saturated rings. The van der Waals surface area contributed by atoms with E-state index in [1.54, 1.807) is 0 Å². The Morgan fingerprint density at radius 1 is 1.19 bits per heavy atom. The van der Waals surface area contributed by atoms with Crippen LogP contribution in [0.25, 0.3) is 0 Å². The first-order valence-corrected chi connectivity index (χ1v) is 6.36. The van der Waals surface area contributed by atoms with Gasteiger partial charge in [0.25, 0.3) is 0 Å². The highest BCUT2D eigenvalue weighted by Crippen LogP contribution is 2.29. The standard InChI is InChI=1S/C13H24N2O/c1-4-7-10-15-12(16)13(11-14,8-5-2)9-6-3/h4-10H2,1-3H3,(H,15,16). The van der Waals surface area contributed by atoms with E-state index in [4.69, 9.17) is 0 Å². The lowest BCUT2D eigenvalue weighted by Crippen LogP contribution is -2.40. The van der Waals surface area contributed by atoms with Gasteiger partial charge in [-0.1, -0.05) is 40.0 Å². The van der Waals surface area contributed by atoms with E-state index in [1.165, 1.54) is 0 Å². The molecule has 0 unspecified atom stereocenters. The number of nitrogens with one attached hydrogen (secondary N) is 1. The van der Waals surface area contributed by atoms with E-state index < -0.39 is 5.41 Å². The molecule has 0 aliphatic rings. The molecule has 0 saturated carbocycles. The van der Waals surface area contributed by atoms with Gasteiger partial charge in [0.1, 0.15) is 5.41 Å². The summed E-state index contributed by atoms with van der Waals surface area (Å²) in [5.74, 6) is -0.0767. The van der Waals surface area contributed by atoms with Crippen LogP contribution >= 0.6 is 0 Å². The third kappa shape index (κ3) is 4.22. The molecular formula is C13H24N2O. The molecule has 1 N–H and O–H groups in total. The summed E-state index contributed by atoms with van der Waals surface area (Å²) < 4.78 is 0. The molecule has 92 valence electrons. The Morgan fingerprint density at radius 2 is 1.75 bits per heavy atom. The molecule has 0 heterocycles. The molecule has 0 saturated heterocycles. The number of unbranched alkanes of at least 4 members (excludes halogenated alkanes) is 1. The third-order valence-corrected chi connectivity index (χ3v) is 2.82. The summed E-state index contributed by atoms with van der Waals surface area (Å²) in [7, 11) is 0. The first kappa shape index (κ1) is 15.0. The van der Waals surface area contributed by atoms with Gasteiger partial charge < -0.3 is 5.32 Å². The maximum Gasteiger partial charge on any atom is 0.240 e. The minimum absolute atomic E-state index is 0.0767. The van der Waals surface area contributed by atoms with Gasteiger partial charge >= 0.3 is 0 Å². The molecule has 0 aromatic rings. The number of hydrogen-bond donors (Lipinski definition) is 1. The molecule has 0 aromatic heterocycles. The Balaban J connectivity index is 4.48. The van der Waals surface area contributed by atoms with E-state index in [0.29, 0.717) is 19.4 Å². The summed E-state index contributed by atoms with van der Waals surface area (Å²) >= 11 is 0. The molecular weight excluding hydrogens is 200 g/mol. The van der Waals surface area contributed by atoms with Crippen LogP contribution in [0, 0.1) is 16.7 Å². The van der Waals surface area contributed by atoms with E-state index in [2.05, 4.69) is 18.3 Å². The smallest absolute Gasteiger partial charge is 0.240 e. The summed E-state index contributed by atoms with van der Waals surface area (Å²) in [5.41, 5.74) is -0.794. The van der Waals surface area contributed by atoms with Crippen LogP contribution in [0.3, 0.4) is 0 Å². The molecule has 0 aliphatic carbocycles. The maximum atomic E-state index is 12.0. The number of rotatable bonds is 8. The summed E-state index contributed by atoms with van der Waals surface area (Å²) in [6.45, 7) is 6.80. The Labute approximate surface area is 99.2 Å². The highest BCUT2D eigenvalue weighted by atomic mass is 16.2. The summed E-state index contributed by atoms with van der Waals surface area (Å²) in [4.78, 5) is 12.0. The SMILES string of the molecule is CCCCNC(=O)C(C#N)(CCC)CCC. The van der Waals surface area contributed by atoms with Gasteiger partial charge in [-0.15, -0.1) is 0 Å². The molecule has 1 amide bonds. The van der Waals surface area contributed by atoms with Gasteiger partial charge in [-0.3, -0.25) is 4.79 Å². The number of hydrogen-bond acceptors (Lipinski definition) is 2. The van der Waals surface area contributed by atoms with Gasteiger partial charge in [-0.2, -0.15) is 5.26 Å². The lowest BCUT2D eigenvalue weighted by atomic mass is 9.80. The first-order chi connectivity index (χ1) is 7.66. The number of carbonyl (C=O) groups excluding carboxylic acids is 1. The van der Waals surface area contributed by atoms with Crippen molar-refractivity contribution in [2.45, 2.75) is 59.3 Å². The van der Waals surface area contributed by atoms with Crippen LogP contribution in [0.15, 0.2) is 0 Å². The lowest BCUT2D eigenvalue weighted by molar-refractivity contribution is -0.128. The predicted molar refractivity (Wildman–Crippen MR) is 65.8 cm³/mol. The average Bonchev–Trinajstić information content (AvgIpc) is 2.28. The molecule has 0 radical (unpaired) electrons. The monoisotopic (exact) mass is 224 g/mol. The Morgan fingerprint density at radius 3 is 2.12 bits per heavy atom. The first-order valence-electron chi connectivity index (χ1n) is 6.36. The van der Waals surface area contributed by atoms with Crippen molar-refractivity contribution in [2.75, 3.05) is 6.54 Å². The second-order valence-electron chi connectivity index (χ2n) is 4.30. The Bertz CT molecular complexity index is 237. The van der Waals surface area contributed by atoms with Gasteiger partial charge in [0.15, 0.2) is 0 Å². The maximum absolute atomic E-state index is 12.0. The third-order valence-electron chi connectivity index (χ3n) is 2.82. The zero-order valence-corrected chi connectivity index (χ0v) is 10.8. The van der Waals surface area contributed by atoms with Crippen LogP contribution in [0.5, 0.6) is 0 Å². The zero-order chi connectivity index (χ0) is 12.4. The molecule has 0 atom stereocenters.